The van der Waals surface area contributed by atoms with Gasteiger partial charge in [0.1, 0.15) is 5.75 Å². The van der Waals surface area contributed by atoms with E-state index in [2.05, 4.69) is 5.32 Å². The summed E-state index contributed by atoms with van der Waals surface area (Å²) in [5.74, 6) is 0.323. The van der Waals surface area contributed by atoms with Gasteiger partial charge in [-0.1, -0.05) is 26.2 Å². The zero-order valence-electron chi connectivity index (χ0n) is 15.1. The number of rotatable bonds is 7. The standard InChI is InChI=1S/C18H28N2O4S/c1-3-4-9-18(21)19-16-14-15(10-11-17(16)24-2)25(22,23)20-12-7-5-6-8-13-20/h10-11,14H,3-9,12-13H2,1-2H3,(H,19,21). The molecular formula is C18H28N2O4S. The molecule has 1 aromatic rings. The van der Waals surface area contributed by atoms with Gasteiger partial charge in [-0.05, 0) is 37.5 Å². The number of ether oxygens (including phenoxy) is 1. The molecule has 1 aromatic carbocycles. The topological polar surface area (TPSA) is 75.7 Å². The summed E-state index contributed by atoms with van der Waals surface area (Å²) in [6.45, 7) is 3.11. The molecule has 0 saturated carbocycles. The Morgan fingerprint density at radius 1 is 1.20 bits per heavy atom. The number of hydrogen-bond donors (Lipinski definition) is 1. The molecule has 1 heterocycles. The minimum Gasteiger partial charge on any atom is -0.495 e. The summed E-state index contributed by atoms with van der Waals surface area (Å²) < 4.78 is 32.7. The Morgan fingerprint density at radius 3 is 2.48 bits per heavy atom. The Labute approximate surface area is 150 Å². The SMILES string of the molecule is CCCCC(=O)Nc1cc(S(=O)(=O)N2CCCCCC2)ccc1OC. The van der Waals surface area contributed by atoms with Crippen LogP contribution in [0.4, 0.5) is 5.69 Å². The van der Waals surface area contributed by atoms with Gasteiger partial charge in [-0.2, -0.15) is 4.31 Å². The van der Waals surface area contributed by atoms with Gasteiger partial charge in [-0.15, -0.1) is 0 Å². The summed E-state index contributed by atoms with van der Waals surface area (Å²) in [4.78, 5) is 12.2. The molecule has 1 N–H and O–H groups in total. The lowest BCUT2D eigenvalue weighted by Crippen LogP contribution is -2.32. The third-order valence-electron chi connectivity index (χ3n) is 4.41. The molecule has 0 spiro atoms. The van der Waals surface area contributed by atoms with Crippen LogP contribution >= 0.6 is 0 Å². The number of sulfonamides is 1. The van der Waals surface area contributed by atoms with Gasteiger partial charge >= 0.3 is 0 Å². The predicted molar refractivity (Wildman–Crippen MR) is 98.4 cm³/mol. The van der Waals surface area contributed by atoms with E-state index in [0.29, 0.717) is 30.9 Å². The first kappa shape index (κ1) is 19.7. The van der Waals surface area contributed by atoms with Gasteiger partial charge in [0.25, 0.3) is 0 Å². The molecule has 25 heavy (non-hydrogen) atoms. The van der Waals surface area contributed by atoms with Crippen molar-refractivity contribution in [3.05, 3.63) is 18.2 Å². The largest absolute Gasteiger partial charge is 0.495 e. The number of carbonyl (C=O) groups is 1. The number of hydrogen-bond acceptors (Lipinski definition) is 4. The van der Waals surface area contributed by atoms with Gasteiger partial charge in [-0.25, -0.2) is 8.42 Å². The lowest BCUT2D eigenvalue weighted by Gasteiger charge is -2.21. The quantitative estimate of drug-likeness (QED) is 0.800. The molecule has 1 aliphatic rings. The van der Waals surface area contributed by atoms with Crippen LogP contribution in [0.3, 0.4) is 0 Å². The van der Waals surface area contributed by atoms with Crippen LogP contribution in [0.1, 0.15) is 51.9 Å². The summed E-state index contributed by atoms with van der Waals surface area (Å²) in [5.41, 5.74) is 0.402. The first-order valence-electron chi connectivity index (χ1n) is 8.97. The number of unbranched alkanes of at least 4 members (excludes halogenated alkanes) is 1. The zero-order chi connectivity index (χ0) is 18.3. The van der Waals surface area contributed by atoms with Gasteiger partial charge in [-0.3, -0.25) is 4.79 Å². The van der Waals surface area contributed by atoms with Crippen molar-refractivity contribution in [1.82, 2.24) is 4.31 Å². The molecule has 6 nitrogen and oxygen atoms in total. The second-order valence-electron chi connectivity index (χ2n) is 6.33. The lowest BCUT2D eigenvalue weighted by atomic mass is 10.2. The molecule has 0 radical (unpaired) electrons. The van der Waals surface area contributed by atoms with E-state index in [0.717, 1.165) is 38.5 Å². The number of methoxy groups -OCH3 is 1. The predicted octanol–water partition coefficient (Wildman–Crippen LogP) is 3.39. The Morgan fingerprint density at radius 2 is 1.88 bits per heavy atom. The third-order valence-corrected chi connectivity index (χ3v) is 6.30. The molecule has 140 valence electrons. The molecule has 7 heteroatoms. The summed E-state index contributed by atoms with van der Waals surface area (Å²) in [5, 5.41) is 2.78. The van der Waals surface area contributed by atoms with E-state index in [4.69, 9.17) is 4.74 Å². The van der Waals surface area contributed by atoms with E-state index in [1.807, 2.05) is 6.92 Å². The van der Waals surface area contributed by atoms with Crippen molar-refractivity contribution < 1.29 is 17.9 Å². The molecule has 0 atom stereocenters. The Hall–Kier alpha value is -1.60. The van der Waals surface area contributed by atoms with E-state index in [1.165, 1.54) is 13.2 Å². The molecule has 1 fully saturated rings. The number of carbonyl (C=O) groups excluding carboxylic acids is 1. The molecular weight excluding hydrogens is 340 g/mol. The van der Waals surface area contributed by atoms with Crippen molar-refractivity contribution in [2.24, 2.45) is 0 Å². The summed E-state index contributed by atoms with van der Waals surface area (Å²) >= 11 is 0. The smallest absolute Gasteiger partial charge is 0.243 e. The Kier molecular flexibility index (Phi) is 7.25. The van der Waals surface area contributed by atoms with Crippen molar-refractivity contribution in [3.63, 3.8) is 0 Å². The highest BCUT2D eigenvalue weighted by atomic mass is 32.2. The van der Waals surface area contributed by atoms with E-state index in [-0.39, 0.29) is 10.8 Å². The monoisotopic (exact) mass is 368 g/mol. The van der Waals surface area contributed by atoms with Gasteiger partial charge in [0, 0.05) is 19.5 Å². The molecule has 0 unspecified atom stereocenters. The minimum absolute atomic E-state index is 0.135. The second kappa shape index (κ2) is 9.20. The molecule has 0 aromatic heterocycles. The number of nitrogens with zero attached hydrogens (tertiary/aromatic N) is 1. The van der Waals surface area contributed by atoms with Crippen molar-refractivity contribution in [2.45, 2.75) is 56.8 Å². The average Bonchev–Trinajstić information content (AvgIpc) is 2.89. The molecule has 0 aliphatic carbocycles. The average molecular weight is 368 g/mol. The van der Waals surface area contributed by atoms with Crippen LogP contribution in [0.25, 0.3) is 0 Å². The highest BCUT2D eigenvalue weighted by Crippen LogP contribution is 2.30. The number of anilines is 1. The van der Waals surface area contributed by atoms with Crippen LogP contribution in [0.15, 0.2) is 23.1 Å². The van der Waals surface area contributed by atoms with E-state index in [1.54, 1.807) is 16.4 Å². The van der Waals surface area contributed by atoms with Crippen molar-refractivity contribution in [3.8, 4) is 5.75 Å². The fourth-order valence-corrected chi connectivity index (χ4v) is 4.47. The Balaban J connectivity index is 2.25. The highest BCUT2D eigenvalue weighted by Gasteiger charge is 2.26. The summed E-state index contributed by atoms with van der Waals surface area (Å²) in [7, 11) is -2.06. The third kappa shape index (κ3) is 5.19. The van der Waals surface area contributed by atoms with Crippen LogP contribution in [-0.2, 0) is 14.8 Å². The Bertz CT molecular complexity index is 680. The van der Waals surface area contributed by atoms with Crippen LogP contribution < -0.4 is 10.1 Å². The molecule has 2 rings (SSSR count). The second-order valence-corrected chi connectivity index (χ2v) is 8.27. The maximum atomic E-state index is 12.9. The molecule has 1 aliphatic heterocycles. The highest BCUT2D eigenvalue weighted by molar-refractivity contribution is 7.89. The molecule has 1 amide bonds. The van der Waals surface area contributed by atoms with Crippen molar-refractivity contribution in [2.75, 3.05) is 25.5 Å². The fraction of sp³-hybridized carbons (Fsp3) is 0.611. The summed E-state index contributed by atoms with van der Waals surface area (Å²) in [6, 6.07) is 4.64. The molecule has 1 saturated heterocycles. The van der Waals surface area contributed by atoms with Crippen molar-refractivity contribution in [1.29, 1.82) is 0 Å². The van der Waals surface area contributed by atoms with Crippen LogP contribution in [0.5, 0.6) is 5.75 Å². The number of benzene rings is 1. The van der Waals surface area contributed by atoms with Gasteiger partial charge in [0.05, 0.1) is 17.7 Å². The van der Waals surface area contributed by atoms with Gasteiger partial charge in [0.15, 0.2) is 0 Å². The lowest BCUT2D eigenvalue weighted by molar-refractivity contribution is -0.116. The normalized spacial score (nSPS) is 16.2. The maximum absolute atomic E-state index is 12.9. The van der Waals surface area contributed by atoms with Crippen LogP contribution in [0.2, 0.25) is 0 Å². The van der Waals surface area contributed by atoms with E-state index in [9.17, 15) is 13.2 Å². The number of amides is 1. The first-order chi connectivity index (χ1) is 12.0. The number of nitrogens with one attached hydrogen (secondary N) is 1. The first-order valence-corrected chi connectivity index (χ1v) is 10.4. The minimum atomic E-state index is -3.56. The molecule has 0 bridgehead atoms. The van der Waals surface area contributed by atoms with Gasteiger partial charge in [0.2, 0.25) is 15.9 Å². The van der Waals surface area contributed by atoms with Gasteiger partial charge < -0.3 is 10.1 Å². The van der Waals surface area contributed by atoms with Crippen LogP contribution in [-0.4, -0.2) is 38.8 Å². The van der Waals surface area contributed by atoms with E-state index < -0.39 is 10.0 Å². The fourth-order valence-electron chi connectivity index (χ4n) is 2.93. The van der Waals surface area contributed by atoms with Crippen LogP contribution in [0, 0.1) is 0 Å². The zero-order valence-corrected chi connectivity index (χ0v) is 15.9. The maximum Gasteiger partial charge on any atom is 0.243 e. The van der Waals surface area contributed by atoms with Crippen molar-refractivity contribution >= 4 is 21.6 Å². The van der Waals surface area contributed by atoms with E-state index >= 15 is 0 Å². The summed E-state index contributed by atoms with van der Waals surface area (Å²) in [6.07, 6.45) is 6.02.